The fraction of sp³-hybridized carbons (Fsp3) is 0.286. The van der Waals surface area contributed by atoms with Gasteiger partial charge in [0.15, 0.2) is 0 Å². The van der Waals surface area contributed by atoms with Crippen molar-refractivity contribution in [3.63, 3.8) is 0 Å². The maximum Gasteiger partial charge on any atom is 0.257 e. The number of benzene rings is 2. The number of phenols is 1. The molecule has 7 nitrogen and oxygen atoms in total. The lowest BCUT2D eigenvalue weighted by molar-refractivity contribution is 0.0549. The molecule has 1 saturated heterocycles. The van der Waals surface area contributed by atoms with E-state index in [1.807, 2.05) is 37.3 Å². The van der Waals surface area contributed by atoms with E-state index in [1.54, 1.807) is 17.0 Å². The molecule has 1 aromatic heterocycles. The van der Waals surface area contributed by atoms with E-state index in [0.29, 0.717) is 43.5 Å². The smallest absolute Gasteiger partial charge is 0.257 e. The number of rotatable bonds is 4. The molecule has 1 aliphatic rings. The van der Waals surface area contributed by atoms with Crippen LogP contribution in [-0.2, 0) is 0 Å². The standard InChI is InChI=1S/C21H21BrN4O3/c1-14(20-23-19(24-29-20)15-5-3-2-4-6-15)25-9-11-26(12-10-25)21(28)17-8-7-16(22)13-18(17)27/h2-8,13-14,27H,9-12H2,1H3. The number of amides is 1. The van der Waals surface area contributed by atoms with Gasteiger partial charge in [0.1, 0.15) is 5.75 Å². The Morgan fingerprint density at radius 3 is 2.55 bits per heavy atom. The van der Waals surface area contributed by atoms with Gasteiger partial charge in [-0.2, -0.15) is 4.98 Å². The number of phenolic OH excluding ortho intramolecular Hbond substituents is 1. The molecule has 1 atom stereocenters. The van der Waals surface area contributed by atoms with Crippen molar-refractivity contribution in [3.8, 4) is 17.1 Å². The highest BCUT2D eigenvalue weighted by Crippen LogP contribution is 2.26. The molecule has 1 unspecified atom stereocenters. The molecular weight excluding hydrogens is 436 g/mol. The van der Waals surface area contributed by atoms with Gasteiger partial charge >= 0.3 is 0 Å². The lowest BCUT2D eigenvalue weighted by atomic mass is 10.1. The summed E-state index contributed by atoms with van der Waals surface area (Å²) < 4.78 is 6.22. The van der Waals surface area contributed by atoms with Crippen molar-refractivity contribution < 1.29 is 14.4 Å². The first-order valence-electron chi connectivity index (χ1n) is 9.44. The Balaban J connectivity index is 1.39. The second-order valence-corrected chi connectivity index (χ2v) is 7.90. The van der Waals surface area contributed by atoms with Gasteiger partial charge in [0.05, 0.1) is 11.6 Å². The molecule has 29 heavy (non-hydrogen) atoms. The molecular formula is C21H21BrN4O3. The number of halogens is 1. The minimum atomic E-state index is -0.161. The molecule has 0 radical (unpaired) electrons. The fourth-order valence-electron chi connectivity index (χ4n) is 3.43. The van der Waals surface area contributed by atoms with Crippen molar-refractivity contribution in [3.05, 3.63) is 64.5 Å². The van der Waals surface area contributed by atoms with Gasteiger partial charge in [0, 0.05) is 36.2 Å². The number of carbonyl (C=O) groups excluding carboxylic acids is 1. The zero-order valence-electron chi connectivity index (χ0n) is 16.0. The highest BCUT2D eigenvalue weighted by atomic mass is 79.9. The third-order valence-corrected chi connectivity index (χ3v) is 5.66. The summed E-state index contributed by atoms with van der Waals surface area (Å²) in [5.74, 6) is 0.965. The summed E-state index contributed by atoms with van der Waals surface area (Å²) in [5.41, 5.74) is 1.23. The SMILES string of the molecule is CC(c1nc(-c2ccccc2)no1)N1CCN(C(=O)c2ccc(Br)cc2O)CC1. The van der Waals surface area contributed by atoms with Gasteiger partial charge in [-0.05, 0) is 25.1 Å². The van der Waals surface area contributed by atoms with Crippen LogP contribution in [0.5, 0.6) is 5.75 Å². The van der Waals surface area contributed by atoms with E-state index in [9.17, 15) is 9.90 Å². The Hall–Kier alpha value is -2.71. The summed E-state index contributed by atoms with van der Waals surface area (Å²) in [5, 5.41) is 14.2. The van der Waals surface area contributed by atoms with Crippen molar-refractivity contribution in [2.45, 2.75) is 13.0 Å². The number of aromatic nitrogens is 2. The first-order valence-corrected chi connectivity index (χ1v) is 10.2. The quantitative estimate of drug-likeness (QED) is 0.643. The third kappa shape index (κ3) is 4.18. The topological polar surface area (TPSA) is 82.7 Å². The molecule has 2 heterocycles. The van der Waals surface area contributed by atoms with E-state index in [2.05, 4.69) is 31.0 Å². The van der Waals surface area contributed by atoms with Crippen LogP contribution in [0.1, 0.15) is 29.2 Å². The molecule has 0 saturated carbocycles. The summed E-state index contributed by atoms with van der Waals surface area (Å²) in [4.78, 5) is 21.2. The van der Waals surface area contributed by atoms with Gasteiger partial charge in [0.2, 0.25) is 11.7 Å². The summed E-state index contributed by atoms with van der Waals surface area (Å²) in [6, 6.07) is 14.6. The van der Waals surface area contributed by atoms with Crippen LogP contribution in [0.2, 0.25) is 0 Å². The summed E-state index contributed by atoms with van der Waals surface area (Å²) in [6.07, 6.45) is 0. The molecule has 1 aliphatic heterocycles. The van der Waals surface area contributed by atoms with Gasteiger partial charge in [-0.15, -0.1) is 0 Å². The van der Waals surface area contributed by atoms with Gasteiger partial charge in [-0.25, -0.2) is 0 Å². The Labute approximate surface area is 177 Å². The summed E-state index contributed by atoms with van der Waals surface area (Å²) >= 11 is 3.29. The fourth-order valence-corrected chi connectivity index (χ4v) is 3.78. The van der Waals surface area contributed by atoms with Crippen LogP contribution < -0.4 is 0 Å². The molecule has 2 aromatic carbocycles. The van der Waals surface area contributed by atoms with Crippen molar-refractivity contribution >= 4 is 21.8 Å². The molecule has 1 amide bonds. The number of hydrogen-bond donors (Lipinski definition) is 1. The predicted molar refractivity (Wildman–Crippen MR) is 111 cm³/mol. The Bertz CT molecular complexity index is 1000. The van der Waals surface area contributed by atoms with Crippen molar-refractivity contribution in [2.24, 2.45) is 0 Å². The monoisotopic (exact) mass is 456 g/mol. The number of nitrogens with zero attached hydrogens (tertiary/aromatic N) is 4. The molecule has 8 heteroatoms. The minimum Gasteiger partial charge on any atom is -0.507 e. The molecule has 1 N–H and O–H groups in total. The molecule has 3 aromatic rings. The first kappa shape index (κ1) is 19.6. The third-order valence-electron chi connectivity index (χ3n) is 5.17. The molecule has 150 valence electrons. The highest BCUT2D eigenvalue weighted by molar-refractivity contribution is 9.10. The van der Waals surface area contributed by atoms with Crippen LogP contribution >= 0.6 is 15.9 Å². The van der Waals surface area contributed by atoms with Crippen LogP contribution in [0.25, 0.3) is 11.4 Å². The van der Waals surface area contributed by atoms with Crippen molar-refractivity contribution in [1.82, 2.24) is 19.9 Å². The number of hydrogen-bond acceptors (Lipinski definition) is 6. The average molecular weight is 457 g/mol. The normalized spacial score (nSPS) is 16.0. The second-order valence-electron chi connectivity index (χ2n) is 6.99. The van der Waals surface area contributed by atoms with Gasteiger partial charge in [-0.3, -0.25) is 9.69 Å². The Morgan fingerprint density at radius 1 is 1.14 bits per heavy atom. The summed E-state index contributed by atoms with van der Waals surface area (Å²) in [7, 11) is 0. The first-order chi connectivity index (χ1) is 14.0. The lowest BCUT2D eigenvalue weighted by Crippen LogP contribution is -2.49. The molecule has 1 fully saturated rings. The molecule has 4 rings (SSSR count). The zero-order valence-corrected chi connectivity index (χ0v) is 17.5. The van der Waals surface area contributed by atoms with Crippen LogP contribution in [0, 0.1) is 0 Å². The maximum atomic E-state index is 12.7. The van der Waals surface area contributed by atoms with Crippen LogP contribution in [-0.4, -0.2) is 57.1 Å². The van der Waals surface area contributed by atoms with E-state index >= 15 is 0 Å². The van der Waals surface area contributed by atoms with E-state index in [0.717, 1.165) is 10.0 Å². The van der Waals surface area contributed by atoms with E-state index in [-0.39, 0.29) is 17.7 Å². The average Bonchev–Trinajstić information content (AvgIpc) is 3.24. The number of carbonyl (C=O) groups is 1. The minimum absolute atomic E-state index is 0.0144. The lowest BCUT2D eigenvalue weighted by Gasteiger charge is -2.36. The number of aromatic hydroxyl groups is 1. The van der Waals surface area contributed by atoms with Gasteiger partial charge in [0.25, 0.3) is 5.91 Å². The highest BCUT2D eigenvalue weighted by Gasteiger charge is 2.29. The van der Waals surface area contributed by atoms with Gasteiger partial charge in [-0.1, -0.05) is 51.4 Å². The molecule has 0 bridgehead atoms. The Kier molecular flexibility index (Phi) is 5.64. The largest absolute Gasteiger partial charge is 0.507 e. The Morgan fingerprint density at radius 2 is 1.86 bits per heavy atom. The second kappa shape index (κ2) is 8.34. The van der Waals surface area contributed by atoms with Crippen LogP contribution in [0.15, 0.2) is 57.5 Å². The number of piperazine rings is 1. The zero-order chi connectivity index (χ0) is 20.4. The van der Waals surface area contributed by atoms with Crippen LogP contribution in [0.4, 0.5) is 0 Å². The molecule has 0 aliphatic carbocycles. The van der Waals surface area contributed by atoms with Crippen LogP contribution in [0.3, 0.4) is 0 Å². The van der Waals surface area contributed by atoms with Crippen molar-refractivity contribution in [1.29, 1.82) is 0 Å². The maximum absolute atomic E-state index is 12.7. The molecule has 0 spiro atoms. The van der Waals surface area contributed by atoms with E-state index in [1.165, 1.54) is 6.07 Å². The van der Waals surface area contributed by atoms with E-state index < -0.39 is 0 Å². The van der Waals surface area contributed by atoms with E-state index in [4.69, 9.17) is 4.52 Å². The summed E-state index contributed by atoms with van der Waals surface area (Å²) in [6.45, 7) is 4.54. The van der Waals surface area contributed by atoms with Gasteiger partial charge < -0.3 is 14.5 Å². The predicted octanol–water partition coefficient (Wildman–Crippen LogP) is 3.72. The van der Waals surface area contributed by atoms with Crippen molar-refractivity contribution in [2.75, 3.05) is 26.2 Å².